The van der Waals surface area contributed by atoms with Crippen LogP contribution in [0.25, 0.3) is 16.7 Å². The second-order valence-corrected chi connectivity index (χ2v) is 5.64. The van der Waals surface area contributed by atoms with Gasteiger partial charge < -0.3 is 0 Å². The van der Waals surface area contributed by atoms with Gasteiger partial charge in [0.1, 0.15) is 23.1 Å². The van der Waals surface area contributed by atoms with E-state index in [0.29, 0.717) is 16.9 Å². The fourth-order valence-electron chi connectivity index (χ4n) is 2.41. The highest BCUT2D eigenvalue weighted by molar-refractivity contribution is 6.20. The lowest BCUT2D eigenvalue weighted by Gasteiger charge is -2.12. The van der Waals surface area contributed by atoms with Crippen molar-refractivity contribution in [3.8, 4) is 5.69 Å². The van der Waals surface area contributed by atoms with Crippen LogP contribution in [-0.4, -0.2) is 9.55 Å². The summed E-state index contributed by atoms with van der Waals surface area (Å²) < 4.78 is 29.7. The van der Waals surface area contributed by atoms with Gasteiger partial charge in [-0.2, -0.15) is 0 Å². The van der Waals surface area contributed by atoms with Crippen molar-refractivity contribution in [1.29, 1.82) is 0 Å². The molecule has 21 heavy (non-hydrogen) atoms. The molecule has 5 heteroatoms. The molecule has 0 saturated heterocycles. The van der Waals surface area contributed by atoms with E-state index in [1.165, 1.54) is 22.8 Å². The van der Waals surface area contributed by atoms with Gasteiger partial charge in [0, 0.05) is 0 Å². The molecule has 0 aliphatic carbocycles. The number of para-hydroxylation sites is 1. The smallest absolute Gasteiger partial charge is 0.150 e. The van der Waals surface area contributed by atoms with E-state index in [1.807, 2.05) is 19.1 Å². The maximum Gasteiger partial charge on any atom is 0.150 e. The predicted molar refractivity (Wildman–Crippen MR) is 80.0 cm³/mol. The highest BCUT2D eigenvalue weighted by Crippen LogP contribution is 2.30. The first kappa shape index (κ1) is 14.0. The second-order valence-electron chi connectivity index (χ2n) is 4.98. The third-order valence-corrected chi connectivity index (χ3v) is 3.55. The minimum absolute atomic E-state index is 0.147. The Balaban J connectivity index is 2.42. The molecular formula is C16H13ClF2N2. The number of imidazole rings is 1. The average Bonchev–Trinajstić information content (AvgIpc) is 2.77. The lowest BCUT2D eigenvalue weighted by Crippen LogP contribution is -2.06. The number of benzene rings is 2. The number of hydrogen-bond acceptors (Lipinski definition) is 1. The first-order valence-electron chi connectivity index (χ1n) is 6.56. The molecule has 0 aliphatic heterocycles. The number of fused-ring (bicyclic) bond motifs is 1. The van der Waals surface area contributed by atoms with Crippen LogP contribution in [0.3, 0.4) is 0 Å². The molecule has 1 heterocycles. The molecule has 0 N–H and O–H groups in total. The van der Waals surface area contributed by atoms with Gasteiger partial charge in [-0.05, 0) is 43.7 Å². The molecule has 0 radical (unpaired) electrons. The third kappa shape index (κ3) is 2.29. The summed E-state index contributed by atoms with van der Waals surface area (Å²) in [7, 11) is 0. The van der Waals surface area contributed by atoms with Crippen LogP contribution in [-0.2, 0) is 0 Å². The molecule has 108 valence electrons. The molecule has 1 aromatic heterocycles. The minimum Gasteiger partial charge on any atom is -0.290 e. The average molecular weight is 307 g/mol. The molecule has 3 rings (SSSR count). The molecule has 0 fully saturated rings. The Bertz CT molecular complexity index is 804. The van der Waals surface area contributed by atoms with Gasteiger partial charge in [0.25, 0.3) is 0 Å². The van der Waals surface area contributed by atoms with Crippen LogP contribution in [0.5, 0.6) is 0 Å². The zero-order chi connectivity index (χ0) is 15.1. The fourth-order valence-corrected chi connectivity index (χ4v) is 2.56. The van der Waals surface area contributed by atoms with E-state index in [1.54, 1.807) is 13.0 Å². The Kier molecular flexibility index (Phi) is 3.41. The first-order chi connectivity index (χ1) is 9.99. The van der Waals surface area contributed by atoms with Crippen LogP contribution in [0.4, 0.5) is 8.78 Å². The van der Waals surface area contributed by atoms with Gasteiger partial charge in [-0.25, -0.2) is 13.8 Å². The second kappa shape index (κ2) is 5.11. The van der Waals surface area contributed by atoms with E-state index in [9.17, 15) is 8.78 Å². The van der Waals surface area contributed by atoms with Gasteiger partial charge in [-0.3, -0.25) is 4.57 Å². The zero-order valence-electron chi connectivity index (χ0n) is 11.6. The maximum atomic E-state index is 14.1. The number of hydrogen-bond donors (Lipinski definition) is 0. The van der Waals surface area contributed by atoms with Gasteiger partial charge >= 0.3 is 0 Å². The SMILES string of the molecule is Cc1ccc2c(c1)nc(C(C)Cl)n2-c1c(F)cccc1F. The normalized spacial score (nSPS) is 12.8. The largest absolute Gasteiger partial charge is 0.290 e. The number of rotatable bonds is 2. The number of halogens is 3. The molecule has 0 bridgehead atoms. The molecule has 0 spiro atoms. The maximum absolute atomic E-state index is 14.1. The van der Waals surface area contributed by atoms with Crippen LogP contribution in [0.2, 0.25) is 0 Å². The minimum atomic E-state index is -0.645. The van der Waals surface area contributed by atoms with E-state index in [0.717, 1.165) is 5.56 Å². The van der Waals surface area contributed by atoms with Gasteiger partial charge in [0.05, 0.1) is 16.4 Å². The summed E-state index contributed by atoms with van der Waals surface area (Å²) in [4.78, 5) is 4.43. The molecule has 3 aromatic rings. The van der Waals surface area contributed by atoms with Crippen molar-refractivity contribution in [2.24, 2.45) is 0 Å². The topological polar surface area (TPSA) is 17.8 Å². The quantitative estimate of drug-likeness (QED) is 0.615. The fraction of sp³-hybridized carbons (Fsp3) is 0.188. The van der Waals surface area contributed by atoms with Crippen LogP contribution in [0.1, 0.15) is 23.7 Å². The molecule has 2 nitrogen and oxygen atoms in total. The Hall–Kier alpha value is -1.94. The van der Waals surface area contributed by atoms with Gasteiger partial charge in [0.2, 0.25) is 0 Å². The molecule has 1 atom stereocenters. The van der Waals surface area contributed by atoms with Gasteiger partial charge in [-0.1, -0.05) is 12.1 Å². The number of alkyl halides is 1. The van der Waals surface area contributed by atoms with E-state index in [-0.39, 0.29) is 5.69 Å². The number of nitrogens with zero attached hydrogens (tertiary/aromatic N) is 2. The summed E-state index contributed by atoms with van der Waals surface area (Å²) in [5.74, 6) is -0.872. The van der Waals surface area contributed by atoms with Crippen LogP contribution < -0.4 is 0 Å². The number of aryl methyl sites for hydroxylation is 1. The summed E-state index contributed by atoms with van der Waals surface area (Å²) in [5, 5.41) is -0.475. The third-order valence-electron chi connectivity index (χ3n) is 3.35. The Morgan fingerprint density at radius 3 is 2.43 bits per heavy atom. The van der Waals surface area contributed by atoms with Crippen molar-refractivity contribution < 1.29 is 8.78 Å². The molecular weight excluding hydrogens is 294 g/mol. The molecule has 1 unspecified atom stereocenters. The lowest BCUT2D eigenvalue weighted by atomic mass is 10.2. The van der Waals surface area contributed by atoms with E-state index >= 15 is 0 Å². The van der Waals surface area contributed by atoms with Gasteiger partial charge in [-0.15, -0.1) is 11.6 Å². The summed E-state index contributed by atoms with van der Waals surface area (Å²) >= 11 is 6.15. The molecule has 0 amide bonds. The Morgan fingerprint density at radius 1 is 1.14 bits per heavy atom. The summed E-state index contributed by atoms with van der Waals surface area (Å²) in [6, 6.07) is 9.32. The summed E-state index contributed by atoms with van der Waals surface area (Å²) in [6.07, 6.45) is 0. The van der Waals surface area contributed by atoms with Crippen molar-refractivity contribution in [3.05, 3.63) is 59.4 Å². The lowest BCUT2D eigenvalue weighted by molar-refractivity contribution is 0.567. The Labute approximate surface area is 126 Å². The first-order valence-corrected chi connectivity index (χ1v) is 7.00. The summed E-state index contributed by atoms with van der Waals surface area (Å²) in [6.45, 7) is 3.66. The highest BCUT2D eigenvalue weighted by Gasteiger charge is 2.21. The van der Waals surface area contributed by atoms with Crippen LogP contribution in [0.15, 0.2) is 36.4 Å². The van der Waals surface area contributed by atoms with E-state index < -0.39 is 17.0 Å². The van der Waals surface area contributed by atoms with E-state index in [2.05, 4.69) is 4.98 Å². The van der Waals surface area contributed by atoms with Crippen molar-refractivity contribution in [3.63, 3.8) is 0 Å². The molecule has 0 aliphatic rings. The molecule has 2 aromatic carbocycles. The monoisotopic (exact) mass is 306 g/mol. The Morgan fingerprint density at radius 2 is 1.81 bits per heavy atom. The van der Waals surface area contributed by atoms with Crippen molar-refractivity contribution in [2.75, 3.05) is 0 Å². The van der Waals surface area contributed by atoms with Crippen LogP contribution in [0, 0.1) is 18.6 Å². The van der Waals surface area contributed by atoms with E-state index in [4.69, 9.17) is 11.6 Å². The highest BCUT2D eigenvalue weighted by atomic mass is 35.5. The van der Waals surface area contributed by atoms with Crippen LogP contribution >= 0.6 is 11.6 Å². The zero-order valence-corrected chi connectivity index (χ0v) is 12.3. The predicted octanol–water partition coefficient (Wildman–Crippen LogP) is 4.91. The molecule has 0 saturated carbocycles. The van der Waals surface area contributed by atoms with Gasteiger partial charge in [0.15, 0.2) is 0 Å². The van der Waals surface area contributed by atoms with Crippen molar-refractivity contribution >= 4 is 22.6 Å². The van der Waals surface area contributed by atoms with Crippen molar-refractivity contribution in [2.45, 2.75) is 19.2 Å². The number of aromatic nitrogens is 2. The van der Waals surface area contributed by atoms with Crippen molar-refractivity contribution in [1.82, 2.24) is 9.55 Å². The summed E-state index contributed by atoms with van der Waals surface area (Å²) in [5.41, 5.74) is 2.17. The standard InChI is InChI=1S/C16H13ClF2N2/c1-9-6-7-14-13(8-9)20-16(10(2)17)21(14)15-11(18)4-3-5-12(15)19/h3-8,10H,1-2H3.